The second-order valence-electron chi connectivity index (χ2n) is 6.20. The predicted octanol–water partition coefficient (Wildman–Crippen LogP) is 2.69. The Balaban J connectivity index is 1.55. The zero-order chi connectivity index (χ0) is 18.4. The van der Waals surface area contributed by atoms with Crippen LogP contribution in [-0.4, -0.2) is 56.6 Å². The average molecular weight is 359 g/mol. The number of aromatic hydroxyl groups is 1. The summed E-state index contributed by atoms with van der Waals surface area (Å²) in [4.78, 5) is 2.31. The maximum atomic E-state index is 9.72. The average Bonchev–Trinajstić information content (AvgIpc) is 2.68. The van der Waals surface area contributed by atoms with Crippen molar-refractivity contribution >= 4 is 0 Å². The molecule has 1 saturated heterocycles. The molecule has 6 heteroatoms. The number of rotatable bonds is 7. The maximum absolute atomic E-state index is 9.72. The number of hydrogen-bond acceptors (Lipinski definition) is 6. The Hall–Kier alpha value is -2.44. The molecule has 0 bridgehead atoms. The minimum absolute atomic E-state index is 0.00678. The van der Waals surface area contributed by atoms with Gasteiger partial charge in [0.15, 0.2) is 23.0 Å². The Kier molecular flexibility index (Phi) is 6.20. The molecule has 0 aliphatic carbocycles. The largest absolute Gasteiger partial charge is 0.504 e. The second kappa shape index (κ2) is 8.78. The van der Waals surface area contributed by atoms with E-state index in [0.29, 0.717) is 19.0 Å². The first-order valence-corrected chi connectivity index (χ1v) is 8.65. The Labute approximate surface area is 153 Å². The Morgan fingerprint density at radius 1 is 1.08 bits per heavy atom. The summed E-state index contributed by atoms with van der Waals surface area (Å²) in [7, 11) is 3.19. The van der Waals surface area contributed by atoms with Gasteiger partial charge in [-0.15, -0.1) is 0 Å². The third-order valence-electron chi connectivity index (χ3n) is 4.37. The van der Waals surface area contributed by atoms with Gasteiger partial charge in [0.05, 0.1) is 20.8 Å². The zero-order valence-corrected chi connectivity index (χ0v) is 15.2. The topological polar surface area (TPSA) is 60.4 Å². The van der Waals surface area contributed by atoms with Crippen LogP contribution in [0, 0.1) is 0 Å². The lowest BCUT2D eigenvalue weighted by molar-refractivity contribution is -0.0506. The standard InChI is InChI=1S/C20H25NO5/c1-23-18-5-3-4-6-19(18)26-14-16-13-21(9-10-25-16)12-15-7-8-17(22)20(11-15)24-2/h3-8,11,16,22H,9-10,12-14H2,1-2H3/t16-/m1/s1. The number of ether oxygens (including phenoxy) is 4. The summed E-state index contributed by atoms with van der Waals surface area (Å²) in [5.74, 6) is 2.09. The molecule has 1 aliphatic rings. The SMILES string of the molecule is COc1cc(CN2CCO[C@@H](COc3ccccc3OC)C2)ccc1O. The molecule has 1 heterocycles. The molecule has 6 nitrogen and oxygen atoms in total. The molecule has 0 radical (unpaired) electrons. The fraction of sp³-hybridized carbons (Fsp3) is 0.400. The lowest BCUT2D eigenvalue weighted by Crippen LogP contribution is -2.44. The van der Waals surface area contributed by atoms with Crippen LogP contribution in [0.1, 0.15) is 5.56 Å². The van der Waals surface area contributed by atoms with Gasteiger partial charge < -0.3 is 24.1 Å². The Bertz CT molecular complexity index is 721. The number of para-hydroxylation sites is 2. The van der Waals surface area contributed by atoms with E-state index in [0.717, 1.165) is 36.7 Å². The van der Waals surface area contributed by atoms with Crippen LogP contribution in [0.4, 0.5) is 0 Å². The predicted molar refractivity (Wildman–Crippen MR) is 98.2 cm³/mol. The number of benzene rings is 2. The zero-order valence-electron chi connectivity index (χ0n) is 15.2. The van der Waals surface area contributed by atoms with Crippen LogP contribution in [-0.2, 0) is 11.3 Å². The molecular weight excluding hydrogens is 334 g/mol. The Morgan fingerprint density at radius 2 is 1.85 bits per heavy atom. The molecule has 0 amide bonds. The first-order valence-electron chi connectivity index (χ1n) is 8.65. The molecule has 1 atom stereocenters. The van der Waals surface area contributed by atoms with Crippen LogP contribution in [0.3, 0.4) is 0 Å². The molecule has 0 saturated carbocycles. The van der Waals surface area contributed by atoms with E-state index >= 15 is 0 Å². The van der Waals surface area contributed by atoms with E-state index < -0.39 is 0 Å². The number of nitrogens with zero attached hydrogens (tertiary/aromatic N) is 1. The van der Waals surface area contributed by atoms with Crippen molar-refractivity contribution in [3.63, 3.8) is 0 Å². The molecule has 1 fully saturated rings. The molecule has 0 aromatic heterocycles. The lowest BCUT2D eigenvalue weighted by Gasteiger charge is -2.33. The molecule has 26 heavy (non-hydrogen) atoms. The number of phenolic OH excluding ortho intramolecular Hbond substituents is 1. The van der Waals surface area contributed by atoms with Crippen molar-refractivity contribution in [2.75, 3.05) is 40.5 Å². The molecule has 2 aromatic carbocycles. The maximum Gasteiger partial charge on any atom is 0.161 e. The number of phenols is 1. The summed E-state index contributed by atoms with van der Waals surface area (Å²) in [6, 6.07) is 13.0. The normalized spacial score (nSPS) is 17.7. The van der Waals surface area contributed by atoms with Crippen molar-refractivity contribution in [1.82, 2.24) is 4.90 Å². The van der Waals surface area contributed by atoms with E-state index in [4.69, 9.17) is 18.9 Å². The highest BCUT2D eigenvalue weighted by Gasteiger charge is 2.22. The highest BCUT2D eigenvalue weighted by Crippen LogP contribution is 2.28. The van der Waals surface area contributed by atoms with Gasteiger partial charge in [0, 0.05) is 19.6 Å². The molecule has 3 rings (SSSR count). The van der Waals surface area contributed by atoms with Gasteiger partial charge in [0.1, 0.15) is 12.7 Å². The van der Waals surface area contributed by atoms with Gasteiger partial charge in [-0.2, -0.15) is 0 Å². The van der Waals surface area contributed by atoms with E-state index in [1.807, 2.05) is 36.4 Å². The minimum Gasteiger partial charge on any atom is -0.504 e. The van der Waals surface area contributed by atoms with Crippen LogP contribution in [0.25, 0.3) is 0 Å². The number of morpholine rings is 1. The summed E-state index contributed by atoms with van der Waals surface area (Å²) in [5.41, 5.74) is 1.09. The van der Waals surface area contributed by atoms with Crippen molar-refractivity contribution in [2.45, 2.75) is 12.6 Å². The van der Waals surface area contributed by atoms with E-state index in [-0.39, 0.29) is 11.9 Å². The van der Waals surface area contributed by atoms with Crippen LogP contribution in [0.2, 0.25) is 0 Å². The summed E-state index contributed by atoms with van der Waals surface area (Å²) in [5, 5.41) is 9.72. The van der Waals surface area contributed by atoms with Crippen LogP contribution in [0.15, 0.2) is 42.5 Å². The first-order chi connectivity index (χ1) is 12.7. The highest BCUT2D eigenvalue weighted by molar-refractivity contribution is 5.41. The van der Waals surface area contributed by atoms with Gasteiger partial charge in [0.2, 0.25) is 0 Å². The van der Waals surface area contributed by atoms with Crippen LogP contribution >= 0.6 is 0 Å². The van der Waals surface area contributed by atoms with E-state index in [1.165, 1.54) is 0 Å². The quantitative estimate of drug-likeness (QED) is 0.820. The summed E-state index contributed by atoms with van der Waals surface area (Å²) < 4.78 is 22.2. The Morgan fingerprint density at radius 3 is 2.62 bits per heavy atom. The molecule has 1 N–H and O–H groups in total. The molecular formula is C20H25NO5. The van der Waals surface area contributed by atoms with Crippen molar-refractivity contribution in [3.8, 4) is 23.0 Å². The van der Waals surface area contributed by atoms with Gasteiger partial charge in [0.25, 0.3) is 0 Å². The first kappa shape index (κ1) is 18.4. The van der Waals surface area contributed by atoms with Gasteiger partial charge in [-0.1, -0.05) is 18.2 Å². The van der Waals surface area contributed by atoms with Crippen LogP contribution in [0.5, 0.6) is 23.0 Å². The van der Waals surface area contributed by atoms with E-state index in [2.05, 4.69) is 4.90 Å². The summed E-state index contributed by atoms with van der Waals surface area (Å²) in [6.07, 6.45) is -0.00678. The van der Waals surface area contributed by atoms with E-state index in [1.54, 1.807) is 20.3 Å². The van der Waals surface area contributed by atoms with Gasteiger partial charge >= 0.3 is 0 Å². The third kappa shape index (κ3) is 4.59. The molecule has 140 valence electrons. The third-order valence-corrected chi connectivity index (χ3v) is 4.37. The number of methoxy groups -OCH3 is 2. The molecule has 2 aromatic rings. The van der Waals surface area contributed by atoms with Crippen molar-refractivity contribution in [1.29, 1.82) is 0 Å². The monoisotopic (exact) mass is 359 g/mol. The number of hydrogen-bond donors (Lipinski definition) is 1. The second-order valence-corrected chi connectivity index (χ2v) is 6.20. The smallest absolute Gasteiger partial charge is 0.161 e. The van der Waals surface area contributed by atoms with Crippen molar-refractivity contribution in [2.24, 2.45) is 0 Å². The fourth-order valence-corrected chi connectivity index (χ4v) is 3.02. The summed E-state index contributed by atoms with van der Waals surface area (Å²) in [6.45, 7) is 3.53. The van der Waals surface area contributed by atoms with Gasteiger partial charge in [-0.3, -0.25) is 4.90 Å². The molecule has 0 unspecified atom stereocenters. The van der Waals surface area contributed by atoms with Crippen molar-refractivity contribution < 1.29 is 24.1 Å². The van der Waals surface area contributed by atoms with Crippen LogP contribution < -0.4 is 14.2 Å². The summed E-state index contributed by atoms with van der Waals surface area (Å²) >= 11 is 0. The lowest BCUT2D eigenvalue weighted by atomic mass is 10.1. The fourth-order valence-electron chi connectivity index (χ4n) is 3.02. The van der Waals surface area contributed by atoms with Gasteiger partial charge in [-0.05, 0) is 29.8 Å². The van der Waals surface area contributed by atoms with Crippen molar-refractivity contribution in [3.05, 3.63) is 48.0 Å². The highest BCUT2D eigenvalue weighted by atomic mass is 16.5. The van der Waals surface area contributed by atoms with E-state index in [9.17, 15) is 5.11 Å². The minimum atomic E-state index is -0.00678. The molecule has 0 spiro atoms. The van der Waals surface area contributed by atoms with Gasteiger partial charge in [-0.25, -0.2) is 0 Å². The molecule has 1 aliphatic heterocycles.